The molecule has 0 saturated heterocycles. The molecular weight excluding hydrogens is 276 g/mol. The second-order valence-electron chi connectivity index (χ2n) is 8.02. The Labute approximate surface area is 131 Å². The van der Waals surface area contributed by atoms with E-state index in [4.69, 9.17) is 0 Å². The highest BCUT2D eigenvalue weighted by Gasteiger charge is 2.41. The van der Waals surface area contributed by atoms with E-state index in [-0.39, 0.29) is 10.8 Å². The molecule has 0 amide bonds. The molecule has 0 atom stereocenters. The SMILES string of the molecule is CC(C)(C)[Si](C)(C)C(=O)CCC(=O)/C=C/C1CCCCC1. The summed E-state index contributed by atoms with van der Waals surface area (Å²) in [5.41, 5.74) is 0. The van der Waals surface area contributed by atoms with Crippen LogP contribution in [0, 0.1) is 5.92 Å². The van der Waals surface area contributed by atoms with Crippen LogP contribution in [0.4, 0.5) is 0 Å². The van der Waals surface area contributed by atoms with Gasteiger partial charge in [-0.1, -0.05) is 59.2 Å². The first-order chi connectivity index (χ1) is 9.64. The number of allylic oxidation sites excluding steroid dienone is 2. The Balaban J connectivity index is 2.42. The van der Waals surface area contributed by atoms with E-state index in [1.807, 2.05) is 0 Å². The van der Waals surface area contributed by atoms with E-state index in [0.717, 1.165) is 0 Å². The van der Waals surface area contributed by atoms with Gasteiger partial charge in [0.15, 0.2) is 5.78 Å². The highest BCUT2D eigenvalue weighted by molar-refractivity contribution is 7.06. The summed E-state index contributed by atoms with van der Waals surface area (Å²) in [7, 11) is -1.95. The summed E-state index contributed by atoms with van der Waals surface area (Å²) in [4.78, 5) is 24.4. The predicted octanol–water partition coefficient (Wildman–Crippen LogP) is 5.09. The fourth-order valence-corrected chi connectivity index (χ4v) is 4.21. The van der Waals surface area contributed by atoms with Crippen molar-refractivity contribution in [1.82, 2.24) is 0 Å². The van der Waals surface area contributed by atoms with Crippen LogP contribution in [0.25, 0.3) is 0 Å². The summed E-state index contributed by atoms with van der Waals surface area (Å²) >= 11 is 0. The van der Waals surface area contributed by atoms with Crippen molar-refractivity contribution in [3.05, 3.63) is 12.2 Å². The van der Waals surface area contributed by atoms with Crippen molar-refractivity contribution < 1.29 is 9.59 Å². The Kier molecular flexibility index (Phi) is 6.58. The molecule has 3 heteroatoms. The summed E-state index contributed by atoms with van der Waals surface area (Å²) in [6.07, 6.45) is 10.9. The second kappa shape index (κ2) is 7.53. The molecule has 0 aromatic rings. The molecule has 1 saturated carbocycles. The fourth-order valence-electron chi connectivity index (χ4n) is 2.62. The lowest BCUT2D eigenvalue weighted by molar-refractivity contribution is -0.118. The number of carbonyl (C=O) groups excluding carboxylic acids is 2. The Bertz CT molecular complexity index is 396. The summed E-state index contributed by atoms with van der Waals surface area (Å²) in [5.74, 6) is 0.700. The number of hydrogen-bond acceptors (Lipinski definition) is 2. The molecule has 1 fully saturated rings. The van der Waals surface area contributed by atoms with Gasteiger partial charge < -0.3 is 4.79 Å². The van der Waals surface area contributed by atoms with Gasteiger partial charge in [0, 0.05) is 12.8 Å². The molecule has 1 aliphatic rings. The molecule has 2 nitrogen and oxygen atoms in total. The van der Waals surface area contributed by atoms with Crippen molar-refractivity contribution >= 4 is 19.3 Å². The van der Waals surface area contributed by atoms with Gasteiger partial charge >= 0.3 is 0 Å². The van der Waals surface area contributed by atoms with Crippen LogP contribution in [0.5, 0.6) is 0 Å². The van der Waals surface area contributed by atoms with Crippen molar-refractivity contribution in [2.45, 2.75) is 83.8 Å². The van der Waals surface area contributed by atoms with Crippen LogP contribution in [-0.4, -0.2) is 19.3 Å². The summed E-state index contributed by atoms with van der Waals surface area (Å²) < 4.78 is 0. The number of rotatable bonds is 6. The fraction of sp³-hybridized carbons (Fsp3) is 0.778. The maximum atomic E-state index is 12.4. The van der Waals surface area contributed by atoms with Gasteiger partial charge in [0.25, 0.3) is 0 Å². The Morgan fingerprint density at radius 3 is 2.14 bits per heavy atom. The first-order valence-electron chi connectivity index (χ1n) is 8.39. The van der Waals surface area contributed by atoms with Crippen LogP contribution in [0.2, 0.25) is 18.1 Å². The number of ketones is 1. The van der Waals surface area contributed by atoms with E-state index in [9.17, 15) is 9.59 Å². The largest absolute Gasteiger partial charge is 0.305 e. The maximum Gasteiger partial charge on any atom is 0.155 e. The molecule has 0 bridgehead atoms. The third-order valence-electron chi connectivity index (χ3n) is 5.37. The minimum atomic E-state index is -1.95. The third kappa shape index (κ3) is 5.53. The Morgan fingerprint density at radius 2 is 1.62 bits per heavy atom. The lowest BCUT2D eigenvalue weighted by Gasteiger charge is -2.35. The minimum absolute atomic E-state index is 0.0606. The average molecular weight is 309 g/mol. The predicted molar refractivity (Wildman–Crippen MR) is 92.2 cm³/mol. The number of hydrogen-bond donors (Lipinski definition) is 0. The monoisotopic (exact) mass is 308 g/mol. The highest BCUT2D eigenvalue weighted by atomic mass is 28.3. The first-order valence-corrected chi connectivity index (χ1v) is 11.4. The van der Waals surface area contributed by atoms with Gasteiger partial charge in [-0.3, -0.25) is 4.79 Å². The van der Waals surface area contributed by atoms with Crippen LogP contribution in [0.3, 0.4) is 0 Å². The number of carbonyl (C=O) groups is 2. The maximum absolute atomic E-state index is 12.4. The van der Waals surface area contributed by atoms with E-state index >= 15 is 0 Å². The van der Waals surface area contributed by atoms with E-state index in [1.165, 1.54) is 32.1 Å². The van der Waals surface area contributed by atoms with E-state index < -0.39 is 8.07 Å². The lowest BCUT2D eigenvalue weighted by atomic mass is 9.89. The van der Waals surface area contributed by atoms with Crippen LogP contribution in [-0.2, 0) is 9.59 Å². The van der Waals surface area contributed by atoms with Gasteiger partial charge in [-0.25, -0.2) is 0 Å². The van der Waals surface area contributed by atoms with E-state index in [1.54, 1.807) is 6.08 Å². The molecule has 1 rings (SSSR count). The molecule has 120 valence electrons. The Morgan fingerprint density at radius 1 is 1.05 bits per heavy atom. The average Bonchev–Trinajstić information content (AvgIpc) is 2.42. The second-order valence-corrected chi connectivity index (χ2v) is 13.3. The Hall–Kier alpha value is -0.703. The molecule has 0 aromatic heterocycles. The van der Waals surface area contributed by atoms with Crippen LogP contribution < -0.4 is 0 Å². The van der Waals surface area contributed by atoms with Gasteiger partial charge in [-0.2, -0.15) is 0 Å². The zero-order valence-corrected chi connectivity index (χ0v) is 15.5. The van der Waals surface area contributed by atoms with Crippen LogP contribution in [0.1, 0.15) is 65.7 Å². The van der Waals surface area contributed by atoms with Crippen molar-refractivity contribution in [3.63, 3.8) is 0 Å². The normalized spacial score (nSPS) is 18.1. The van der Waals surface area contributed by atoms with Crippen molar-refractivity contribution in [2.24, 2.45) is 5.92 Å². The molecule has 21 heavy (non-hydrogen) atoms. The molecule has 0 N–H and O–H groups in total. The molecule has 0 heterocycles. The smallest absolute Gasteiger partial charge is 0.155 e. The molecule has 0 aliphatic heterocycles. The standard InChI is InChI=1S/C18H32O2Si/c1-18(2,3)21(4,5)17(20)14-13-16(19)12-11-15-9-7-6-8-10-15/h11-12,15H,6-10,13-14H2,1-5H3/b12-11+. The van der Waals surface area contributed by atoms with Crippen molar-refractivity contribution in [3.8, 4) is 0 Å². The zero-order chi connectivity index (χ0) is 16.1. The molecule has 0 spiro atoms. The summed E-state index contributed by atoms with van der Waals surface area (Å²) in [6, 6.07) is 0. The van der Waals surface area contributed by atoms with Crippen molar-refractivity contribution in [2.75, 3.05) is 0 Å². The van der Waals surface area contributed by atoms with Crippen molar-refractivity contribution in [1.29, 1.82) is 0 Å². The summed E-state index contributed by atoms with van der Waals surface area (Å²) in [6.45, 7) is 10.7. The van der Waals surface area contributed by atoms with E-state index in [0.29, 0.717) is 24.2 Å². The lowest BCUT2D eigenvalue weighted by Crippen LogP contribution is -2.46. The molecule has 0 aromatic carbocycles. The third-order valence-corrected chi connectivity index (χ3v) is 10.8. The van der Waals surface area contributed by atoms with Gasteiger partial charge in [0.05, 0.1) is 0 Å². The molecule has 0 unspecified atom stereocenters. The van der Waals surface area contributed by atoms with Gasteiger partial charge in [0.2, 0.25) is 0 Å². The molecule has 0 radical (unpaired) electrons. The quantitative estimate of drug-likeness (QED) is 0.506. The van der Waals surface area contributed by atoms with Crippen LogP contribution >= 0.6 is 0 Å². The van der Waals surface area contributed by atoms with Gasteiger partial charge in [-0.15, -0.1) is 0 Å². The zero-order valence-electron chi connectivity index (χ0n) is 14.5. The first kappa shape index (κ1) is 18.3. The van der Waals surface area contributed by atoms with Gasteiger partial charge in [0.1, 0.15) is 13.5 Å². The highest BCUT2D eigenvalue weighted by Crippen LogP contribution is 2.37. The molecule has 1 aliphatic carbocycles. The summed E-state index contributed by atoms with van der Waals surface area (Å²) in [5, 5.41) is 0.389. The van der Waals surface area contributed by atoms with Gasteiger partial charge in [-0.05, 0) is 29.9 Å². The van der Waals surface area contributed by atoms with Crippen LogP contribution in [0.15, 0.2) is 12.2 Å². The minimum Gasteiger partial charge on any atom is -0.305 e. The topological polar surface area (TPSA) is 34.1 Å². The molecular formula is C18H32O2Si. The van der Waals surface area contributed by atoms with E-state index in [2.05, 4.69) is 39.9 Å².